The number of hydrogen-bond donors (Lipinski definition) is 2. The van der Waals surface area contributed by atoms with Crippen molar-refractivity contribution < 1.29 is 4.39 Å². The molecule has 0 saturated heterocycles. The second-order valence-electron chi connectivity index (χ2n) is 4.72. The Morgan fingerprint density at radius 3 is 2.59 bits per heavy atom. The van der Waals surface area contributed by atoms with Crippen LogP contribution in [0.25, 0.3) is 0 Å². The first-order valence-corrected chi connectivity index (χ1v) is 6.51. The minimum atomic E-state index is -0.375. The molecule has 2 rings (SSSR count). The van der Waals surface area contributed by atoms with Gasteiger partial charge in [0.1, 0.15) is 5.82 Å². The average molecular weight is 257 g/mol. The molecule has 1 aromatic carbocycles. The van der Waals surface area contributed by atoms with Crippen molar-refractivity contribution >= 4 is 11.6 Å². The van der Waals surface area contributed by atoms with Gasteiger partial charge >= 0.3 is 0 Å². The van der Waals surface area contributed by atoms with E-state index < -0.39 is 0 Å². The second kappa shape index (κ2) is 5.80. The average Bonchev–Trinajstić information content (AvgIpc) is 2.36. The van der Waals surface area contributed by atoms with Crippen molar-refractivity contribution in [2.75, 3.05) is 0 Å². The van der Waals surface area contributed by atoms with Crippen LogP contribution < -0.4 is 11.3 Å². The van der Waals surface area contributed by atoms with Crippen LogP contribution in [0, 0.1) is 11.7 Å². The lowest BCUT2D eigenvalue weighted by atomic mass is 9.81. The van der Waals surface area contributed by atoms with Crippen LogP contribution >= 0.6 is 11.6 Å². The summed E-state index contributed by atoms with van der Waals surface area (Å²) in [6.45, 7) is 0. The summed E-state index contributed by atoms with van der Waals surface area (Å²) >= 11 is 5.69. The molecule has 1 atom stereocenters. The zero-order valence-electron chi connectivity index (χ0n) is 9.76. The van der Waals surface area contributed by atoms with E-state index in [9.17, 15) is 4.39 Å². The molecule has 0 amide bonds. The molecule has 3 N–H and O–H groups in total. The number of benzene rings is 1. The summed E-state index contributed by atoms with van der Waals surface area (Å²) in [5.74, 6) is 5.74. The van der Waals surface area contributed by atoms with Gasteiger partial charge in [0.25, 0.3) is 0 Å². The lowest BCUT2D eigenvalue weighted by molar-refractivity contribution is 0.273. The first-order valence-electron chi connectivity index (χ1n) is 6.13. The summed E-state index contributed by atoms with van der Waals surface area (Å²) in [5, 5.41) is 0.160. The molecule has 1 saturated carbocycles. The third-order valence-electron chi connectivity index (χ3n) is 3.60. The molecule has 2 nitrogen and oxygen atoms in total. The molecule has 17 heavy (non-hydrogen) atoms. The number of rotatable bonds is 3. The molecule has 1 unspecified atom stereocenters. The van der Waals surface area contributed by atoms with Crippen molar-refractivity contribution in [2.45, 2.75) is 38.1 Å². The quantitative estimate of drug-likeness (QED) is 0.641. The van der Waals surface area contributed by atoms with Crippen LogP contribution in [-0.4, -0.2) is 0 Å². The Balaban J connectivity index is 2.18. The number of nitrogens with two attached hydrogens (primary N) is 1. The van der Waals surface area contributed by atoms with Gasteiger partial charge in [0.05, 0.1) is 5.02 Å². The second-order valence-corrected chi connectivity index (χ2v) is 5.12. The predicted molar refractivity (Wildman–Crippen MR) is 68.0 cm³/mol. The smallest absolute Gasteiger partial charge is 0.142 e. The molecule has 1 aliphatic rings. The summed E-state index contributed by atoms with van der Waals surface area (Å²) in [7, 11) is 0. The summed E-state index contributed by atoms with van der Waals surface area (Å²) in [6.07, 6.45) is 6.07. The molecular weight excluding hydrogens is 239 g/mol. The summed E-state index contributed by atoms with van der Waals surface area (Å²) in [6, 6.07) is 4.97. The van der Waals surface area contributed by atoms with Crippen molar-refractivity contribution in [1.82, 2.24) is 5.43 Å². The highest BCUT2D eigenvalue weighted by Crippen LogP contribution is 2.34. The van der Waals surface area contributed by atoms with Crippen molar-refractivity contribution in [2.24, 2.45) is 11.8 Å². The van der Waals surface area contributed by atoms with E-state index in [2.05, 4.69) is 5.43 Å². The third-order valence-corrected chi connectivity index (χ3v) is 3.91. The van der Waals surface area contributed by atoms with Crippen molar-refractivity contribution in [3.8, 4) is 0 Å². The van der Waals surface area contributed by atoms with Crippen LogP contribution in [0.15, 0.2) is 18.2 Å². The van der Waals surface area contributed by atoms with Crippen LogP contribution in [0.2, 0.25) is 5.02 Å². The standard InChI is InChI=1S/C13H18ClFN2/c14-11-7-6-10(8-12(11)15)13(17-16)9-4-2-1-3-5-9/h6-9,13,17H,1-5,16H2. The summed E-state index contributed by atoms with van der Waals surface area (Å²) in [5.41, 5.74) is 3.72. The first-order chi connectivity index (χ1) is 8.22. The van der Waals surface area contributed by atoms with Gasteiger partial charge < -0.3 is 0 Å². The van der Waals surface area contributed by atoms with Gasteiger partial charge in [-0.2, -0.15) is 0 Å². The normalized spacial score (nSPS) is 19.2. The minimum Gasteiger partial charge on any atom is -0.271 e. The Morgan fingerprint density at radius 2 is 2.00 bits per heavy atom. The van der Waals surface area contributed by atoms with E-state index in [-0.39, 0.29) is 16.9 Å². The van der Waals surface area contributed by atoms with E-state index in [1.165, 1.54) is 25.3 Å². The molecule has 4 heteroatoms. The van der Waals surface area contributed by atoms with E-state index in [1.54, 1.807) is 6.07 Å². The van der Waals surface area contributed by atoms with Gasteiger partial charge in [0.15, 0.2) is 0 Å². The highest BCUT2D eigenvalue weighted by Gasteiger charge is 2.24. The fourth-order valence-electron chi connectivity index (χ4n) is 2.68. The molecule has 1 fully saturated rings. The monoisotopic (exact) mass is 256 g/mol. The van der Waals surface area contributed by atoms with Crippen LogP contribution in [0.5, 0.6) is 0 Å². The number of hydrazine groups is 1. The fourth-order valence-corrected chi connectivity index (χ4v) is 2.80. The molecule has 94 valence electrons. The Labute approximate surface area is 106 Å². The van der Waals surface area contributed by atoms with E-state index in [4.69, 9.17) is 17.4 Å². The molecule has 0 bridgehead atoms. The zero-order chi connectivity index (χ0) is 12.3. The maximum absolute atomic E-state index is 13.4. The summed E-state index contributed by atoms with van der Waals surface area (Å²) < 4.78 is 13.4. The molecular formula is C13H18ClFN2. The van der Waals surface area contributed by atoms with Crippen molar-refractivity contribution in [3.05, 3.63) is 34.6 Å². The highest BCUT2D eigenvalue weighted by atomic mass is 35.5. The van der Waals surface area contributed by atoms with Crippen molar-refractivity contribution in [3.63, 3.8) is 0 Å². The highest BCUT2D eigenvalue weighted by molar-refractivity contribution is 6.30. The lowest BCUT2D eigenvalue weighted by Crippen LogP contribution is -2.34. The minimum absolute atomic E-state index is 0.0297. The predicted octanol–water partition coefficient (Wildman–Crippen LogP) is 3.56. The van der Waals surface area contributed by atoms with E-state index >= 15 is 0 Å². The largest absolute Gasteiger partial charge is 0.271 e. The van der Waals surface area contributed by atoms with Crippen molar-refractivity contribution in [1.29, 1.82) is 0 Å². The Hall–Kier alpha value is -0.640. The summed E-state index contributed by atoms with van der Waals surface area (Å²) in [4.78, 5) is 0. The molecule has 0 radical (unpaired) electrons. The Bertz CT molecular complexity index is 378. The van der Waals surface area contributed by atoms with Crippen LogP contribution in [0.4, 0.5) is 4.39 Å². The van der Waals surface area contributed by atoms with Gasteiger partial charge in [0.2, 0.25) is 0 Å². The Kier molecular flexibility index (Phi) is 4.37. The fraction of sp³-hybridized carbons (Fsp3) is 0.538. The molecule has 0 aliphatic heterocycles. The molecule has 0 heterocycles. The van der Waals surface area contributed by atoms with Crippen LogP contribution in [0.1, 0.15) is 43.7 Å². The maximum Gasteiger partial charge on any atom is 0.142 e. The Morgan fingerprint density at radius 1 is 1.29 bits per heavy atom. The van der Waals surface area contributed by atoms with Gasteiger partial charge in [-0.3, -0.25) is 11.3 Å². The molecule has 1 aliphatic carbocycles. The first kappa shape index (κ1) is 12.8. The van der Waals surface area contributed by atoms with Gasteiger partial charge in [0, 0.05) is 6.04 Å². The van der Waals surface area contributed by atoms with Crippen LogP contribution in [0.3, 0.4) is 0 Å². The molecule has 0 aromatic heterocycles. The number of nitrogens with one attached hydrogen (secondary N) is 1. The third kappa shape index (κ3) is 2.97. The SMILES string of the molecule is NNC(c1ccc(Cl)c(F)c1)C1CCCCC1. The van der Waals surface area contributed by atoms with Gasteiger partial charge in [-0.05, 0) is 36.5 Å². The number of hydrogen-bond acceptors (Lipinski definition) is 2. The van der Waals surface area contributed by atoms with Crippen LogP contribution in [-0.2, 0) is 0 Å². The molecule has 1 aromatic rings. The van der Waals surface area contributed by atoms with E-state index in [0.717, 1.165) is 18.4 Å². The van der Waals surface area contributed by atoms with Gasteiger partial charge in [-0.15, -0.1) is 0 Å². The van der Waals surface area contributed by atoms with E-state index in [0.29, 0.717) is 5.92 Å². The maximum atomic E-state index is 13.4. The topological polar surface area (TPSA) is 38.0 Å². The molecule has 0 spiro atoms. The lowest BCUT2D eigenvalue weighted by Gasteiger charge is -2.30. The zero-order valence-corrected chi connectivity index (χ0v) is 10.5. The van der Waals surface area contributed by atoms with Gasteiger partial charge in [-0.25, -0.2) is 4.39 Å². The van der Waals surface area contributed by atoms with Gasteiger partial charge in [-0.1, -0.05) is 36.9 Å². The number of halogens is 2. The van der Waals surface area contributed by atoms with E-state index in [1.807, 2.05) is 6.07 Å².